The van der Waals surface area contributed by atoms with Crippen molar-refractivity contribution >= 4 is 0 Å². The minimum Gasteiger partial charge on any atom is -0.313 e. The van der Waals surface area contributed by atoms with Crippen LogP contribution in [0.15, 0.2) is 0 Å². The van der Waals surface area contributed by atoms with Crippen molar-refractivity contribution in [2.24, 2.45) is 22.7 Å². The van der Waals surface area contributed by atoms with Crippen LogP contribution < -0.4 is 5.32 Å². The molecular weight excluding hydrogens is 194 g/mol. The molecule has 1 fully saturated rings. The van der Waals surface area contributed by atoms with Gasteiger partial charge in [0.05, 0.1) is 0 Å². The van der Waals surface area contributed by atoms with Gasteiger partial charge in [0.1, 0.15) is 0 Å². The molecule has 1 aliphatic carbocycles. The summed E-state index contributed by atoms with van der Waals surface area (Å²) in [5, 5.41) is 3.79. The molecule has 0 aromatic carbocycles. The van der Waals surface area contributed by atoms with Gasteiger partial charge in [0.15, 0.2) is 0 Å². The fourth-order valence-electron chi connectivity index (χ4n) is 3.36. The van der Waals surface area contributed by atoms with Gasteiger partial charge in [0.25, 0.3) is 0 Å². The standard InChI is InChI=1S/C15H31N/c1-8-10-16-12(11(3)9-2)13-14(4,5)15(13,6)7/h11-13,16H,8-10H2,1-7H3. The Morgan fingerprint density at radius 1 is 1.06 bits per heavy atom. The van der Waals surface area contributed by atoms with Crippen LogP contribution in [0.4, 0.5) is 0 Å². The van der Waals surface area contributed by atoms with E-state index < -0.39 is 0 Å². The maximum Gasteiger partial charge on any atom is 0.0131 e. The minimum absolute atomic E-state index is 0.502. The highest BCUT2D eigenvalue weighted by molar-refractivity contribution is 5.16. The van der Waals surface area contributed by atoms with Crippen LogP contribution in [0, 0.1) is 22.7 Å². The minimum atomic E-state index is 0.502. The molecule has 0 bridgehead atoms. The topological polar surface area (TPSA) is 12.0 Å². The van der Waals surface area contributed by atoms with Gasteiger partial charge in [-0.1, -0.05) is 54.9 Å². The van der Waals surface area contributed by atoms with Gasteiger partial charge in [-0.15, -0.1) is 0 Å². The molecule has 1 aliphatic rings. The van der Waals surface area contributed by atoms with Crippen LogP contribution in [-0.2, 0) is 0 Å². The first kappa shape index (κ1) is 14.0. The Bertz CT molecular complexity index is 216. The van der Waals surface area contributed by atoms with Gasteiger partial charge >= 0.3 is 0 Å². The van der Waals surface area contributed by atoms with Crippen molar-refractivity contribution in [1.29, 1.82) is 0 Å². The van der Waals surface area contributed by atoms with Crippen LogP contribution in [0.2, 0.25) is 0 Å². The summed E-state index contributed by atoms with van der Waals surface area (Å²) >= 11 is 0. The van der Waals surface area contributed by atoms with Crippen molar-refractivity contribution in [1.82, 2.24) is 5.32 Å². The summed E-state index contributed by atoms with van der Waals surface area (Å²) < 4.78 is 0. The fourth-order valence-corrected chi connectivity index (χ4v) is 3.36. The van der Waals surface area contributed by atoms with E-state index in [0.717, 1.165) is 18.4 Å². The van der Waals surface area contributed by atoms with Gasteiger partial charge in [0.2, 0.25) is 0 Å². The Balaban J connectivity index is 2.72. The molecule has 2 unspecified atom stereocenters. The first-order valence-electron chi connectivity index (χ1n) is 7.04. The summed E-state index contributed by atoms with van der Waals surface area (Å²) in [5.41, 5.74) is 1.00. The number of hydrogen-bond acceptors (Lipinski definition) is 1. The van der Waals surface area contributed by atoms with E-state index in [2.05, 4.69) is 53.8 Å². The Morgan fingerprint density at radius 2 is 1.56 bits per heavy atom. The summed E-state index contributed by atoms with van der Waals surface area (Å²) in [6.07, 6.45) is 2.52. The largest absolute Gasteiger partial charge is 0.313 e. The average molecular weight is 225 g/mol. The van der Waals surface area contributed by atoms with Crippen LogP contribution in [0.5, 0.6) is 0 Å². The second-order valence-corrected chi connectivity index (χ2v) is 6.79. The molecule has 0 aromatic heterocycles. The molecule has 1 saturated carbocycles. The highest BCUT2D eigenvalue weighted by atomic mass is 15.0. The van der Waals surface area contributed by atoms with E-state index >= 15 is 0 Å². The van der Waals surface area contributed by atoms with Gasteiger partial charge in [-0.3, -0.25) is 0 Å². The van der Waals surface area contributed by atoms with Crippen LogP contribution in [0.25, 0.3) is 0 Å². The molecule has 0 saturated heterocycles. The third kappa shape index (κ3) is 2.16. The fraction of sp³-hybridized carbons (Fsp3) is 1.00. The molecule has 16 heavy (non-hydrogen) atoms. The molecule has 0 heterocycles. The SMILES string of the molecule is CCCNC(C(C)CC)C1C(C)(C)C1(C)C. The molecule has 0 amide bonds. The second kappa shape index (κ2) is 4.68. The molecule has 1 nitrogen and oxygen atoms in total. The van der Waals surface area contributed by atoms with Gasteiger partial charge in [0, 0.05) is 6.04 Å². The molecule has 96 valence electrons. The van der Waals surface area contributed by atoms with Gasteiger partial charge in [-0.25, -0.2) is 0 Å². The zero-order valence-electron chi connectivity index (χ0n) is 12.4. The Morgan fingerprint density at radius 3 is 1.88 bits per heavy atom. The Kier molecular flexibility index (Phi) is 4.10. The lowest BCUT2D eigenvalue weighted by atomic mass is 9.90. The van der Waals surface area contributed by atoms with Crippen molar-refractivity contribution in [3.8, 4) is 0 Å². The predicted octanol–water partition coefficient (Wildman–Crippen LogP) is 4.08. The van der Waals surface area contributed by atoms with Crippen molar-refractivity contribution in [2.45, 2.75) is 67.3 Å². The number of rotatable bonds is 6. The summed E-state index contributed by atoms with van der Waals surface area (Å²) in [6, 6.07) is 0.704. The molecular formula is C15H31N. The second-order valence-electron chi connectivity index (χ2n) is 6.79. The van der Waals surface area contributed by atoms with E-state index in [1.165, 1.54) is 12.8 Å². The molecule has 0 radical (unpaired) electrons. The smallest absolute Gasteiger partial charge is 0.0131 e. The van der Waals surface area contributed by atoms with Crippen molar-refractivity contribution in [2.75, 3.05) is 6.54 Å². The average Bonchev–Trinajstić information content (AvgIpc) is 2.60. The van der Waals surface area contributed by atoms with Crippen LogP contribution in [0.3, 0.4) is 0 Å². The normalized spacial score (nSPS) is 26.4. The predicted molar refractivity (Wildman–Crippen MR) is 72.6 cm³/mol. The molecule has 0 spiro atoms. The van der Waals surface area contributed by atoms with E-state index in [0.29, 0.717) is 16.9 Å². The molecule has 1 N–H and O–H groups in total. The zero-order valence-corrected chi connectivity index (χ0v) is 12.4. The van der Waals surface area contributed by atoms with Gasteiger partial charge in [-0.2, -0.15) is 0 Å². The highest BCUT2D eigenvalue weighted by Gasteiger charge is 2.67. The lowest BCUT2D eigenvalue weighted by Gasteiger charge is -2.26. The van der Waals surface area contributed by atoms with E-state index in [9.17, 15) is 0 Å². The van der Waals surface area contributed by atoms with E-state index in [1.54, 1.807) is 0 Å². The lowest BCUT2D eigenvalue weighted by Crippen LogP contribution is -2.39. The van der Waals surface area contributed by atoms with Gasteiger partial charge in [-0.05, 0) is 35.6 Å². The van der Waals surface area contributed by atoms with Crippen LogP contribution in [0.1, 0.15) is 61.3 Å². The maximum absolute atomic E-state index is 3.79. The summed E-state index contributed by atoms with van der Waals surface area (Å²) in [5.74, 6) is 1.62. The van der Waals surface area contributed by atoms with E-state index in [-0.39, 0.29) is 0 Å². The Labute approximate surface area is 102 Å². The molecule has 0 aliphatic heterocycles. The summed E-state index contributed by atoms with van der Waals surface area (Å²) in [6.45, 7) is 17.9. The molecule has 1 rings (SSSR count). The number of hydrogen-bond donors (Lipinski definition) is 1. The first-order chi connectivity index (χ1) is 7.30. The number of nitrogens with one attached hydrogen (secondary N) is 1. The highest BCUT2D eigenvalue weighted by Crippen LogP contribution is 2.70. The molecule has 0 aromatic rings. The zero-order chi connectivity index (χ0) is 12.6. The van der Waals surface area contributed by atoms with Crippen LogP contribution >= 0.6 is 0 Å². The van der Waals surface area contributed by atoms with Crippen molar-refractivity contribution < 1.29 is 0 Å². The summed E-state index contributed by atoms with van der Waals surface area (Å²) in [4.78, 5) is 0. The third-order valence-corrected chi connectivity index (χ3v) is 5.38. The molecule has 2 atom stereocenters. The van der Waals surface area contributed by atoms with Crippen molar-refractivity contribution in [3.05, 3.63) is 0 Å². The van der Waals surface area contributed by atoms with Gasteiger partial charge < -0.3 is 5.32 Å². The lowest BCUT2D eigenvalue weighted by molar-refractivity contribution is 0.294. The van der Waals surface area contributed by atoms with E-state index in [1.807, 2.05) is 0 Å². The van der Waals surface area contributed by atoms with Crippen molar-refractivity contribution in [3.63, 3.8) is 0 Å². The maximum atomic E-state index is 3.79. The Hall–Kier alpha value is -0.0400. The van der Waals surface area contributed by atoms with E-state index in [4.69, 9.17) is 0 Å². The first-order valence-corrected chi connectivity index (χ1v) is 7.04. The van der Waals surface area contributed by atoms with Crippen LogP contribution in [-0.4, -0.2) is 12.6 Å². The monoisotopic (exact) mass is 225 g/mol. The quantitative estimate of drug-likeness (QED) is 0.718. The molecule has 1 heteroatoms. The summed E-state index contributed by atoms with van der Waals surface area (Å²) in [7, 11) is 0. The third-order valence-electron chi connectivity index (χ3n) is 5.38.